The van der Waals surface area contributed by atoms with Crippen LogP contribution in [0.1, 0.15) is 18.1 Å². The van der Waals surface area contributed by atoms with Crippen molar-refractivity contribution in [1.82, 2.24) is 14.4 Å². The molecule has 0 fully saturated rings. The maximum Gasteiger partial charge on any atom is 0.235 e. The van der Waals surface area contributed by atoms with E-state index in [1.54, 1.807) is 18.3 Å². The summed E-state index contributed by atoms with van der Waals surface area (Å²) in [5.74, 6) is 1.15. The molecule has 4 rings (SSSR count). The third kappa shape index (κ3) is 2.81. The van der Waals surface area contributed by atoms with E-state index >= 15 is 0 Å². The first-order valence-corrected chi connectivity index (χ1v) is 8.62. The van der Waals surface area contributed by atoms with Crippen LogP contribution in [0.25, 0.3) is 17.0 Å². The highest BCUT2D eigenvalue weighted by Crippen LogP contribution is 2.33. The topological polar surface area (TPSA) is 42.2 Å². The molecule has 0 saturated heterocycles. The minimum Gasteiger partial charge on any atom is -0.339 e. The van der Waals surface area contributed by atoms with Gasteiger partial charge in [0, 0.05) is 23.6 Å². The molecule has 0 aliphatic rings. The second kappa shape index (κ2) is 6.59. The zero-order valence-electron chi connectivity index (χ0n) is 14.7. The molecule has 0 saturated carbocycles. The quantitative estimate of drug-likeness (QED) is 0.556. The van der Waals surface area contributed by atoms with Crippen LogP contribution < -0.4 is 5.32 Å². The number of nitrogens with zero attached hydrogens (tertiary/aromatic N) is 3. The molecule has 4 nitrogen and oxygen atoms in total. The Morgan fingerprint density at radius 2 is 1.88 bits per heavy atom. The van der Waals surface area contributed by atoms with E-state index in [0.29, 0.717) is 5.78 Å². The number of hydrogen-bond donors (Lipinski definition) is 1. The Labute approximate surface area is 151 Å². The van der Waals surface area contributed by atoms with Crippen LogP contribution in [-0.4, -0.2) is 14.4 Å². The van der Waals surface area contributed by atoms with E-state index in [0.717, 1.165) is 34.7 Å². The van der Waals surface area contributed by atoms with Crippen LogP contribution in [0, 0.1) is 12.7 Å². The molecule has 26 heavy (non-hydrogen) atoms. The van der Waals surface area contributed by atoms with Crippen molar-refractivity contribution >= 4 is 17.3 Å². The van der Waals surface area contributed by atoms with Crippen LogP contribution in [0.3, 0.4) is 0 Å². The summed E-state index contributed by atoms with van der Waals surface area (Å²) in [7, 11) is 0. The van der Waals surface area contributed by atoms with Crippen molar-refractivity contribution in [2.24, 2.45) is 0 Å². The number of para-hydroxylation sites is 1. The average Bonchev–Trinajstić information content (AvgIpc) is 3.02. The van der Waals surface area contributed by atoms with Gasteiger partial charge in [-0.1, -0.05) is 25.1 Å². The van der Waals surface area contributed by atoms with Gasteiger partial charge in [-0.25, -0.2) is 14.4 Å². The van der Waals surface area contributed by atoms with Crippen LogP contribution in [0.5, 0.6) is 0 Å². The third-order valence-electron chi connectivity index (χ3n) is 4.50. The summed E-state index contributed by atoms with van der Waals surface area (Å²) in [6, 6.07) is 14.5. The van der Waals surface area contributed by atoms with Crippen molar-refractivity contribution in [3.05, 3.63) is 77.9 Å². The molecule has 0 amide bonds. The van der Waals surface area contributed by atoms with Crippen molar-refractivity contribution in [2.75, 3.05) is 5.32 Å². The Bertz CT molecular complexity index is 1070. The van der Waals surface area contributed by atoms with Crippen LogP contribution in [0.15, 0.2) is 60.9 Å². The maximum atomic E-state index is 13.4. The molecule has 0 radical (unpaired) electrons. The number of aromatic nitrogens is 3. The summed E-state index contributed by atoms with van der Waals surface area (Å²) >= 11 is 0. The third-order valence-corrected chi connectivity index (χ3v) is 4.50. The van der Waals surface area contributed by atoms with E-state index in [-0.39, 0.29) is 5.82 Å². The molecular formula is C21H19FN4. The fraction of sp³-hybridized carbons (Fsp3) is 0.143. The van der Waals surface area contributed by atoms with Crippen LogP contribution in [0.2, 0.25) is 0 Å². The number of imidazole rings is 1. The van der Waals surface area contributed by atoms with Gasteiger partial charge in [0.2, 0.25) is 5.78 Å². The zero-order valence-corrected chi connectivity index (χ0v) is 14.7. The molecule has 0 spiro atoms. The maximum absolute atomic E-state index is 13.4. The molecule has 0 aliphatic heterocycles. The molecule has 4 aromatic rings. The number of halogens is 1. The predicted octanol–water partition coefficient (Wildman–Crippen LogP) is 5.15. The molecule has 130 valence electrons. The van der Waals surface area contributed by atoms with Crippen LogP contribution in [-0.2, 0) is 6.42 Å². The Balaban J connectivity index is 1.91. The summed E-state index contributed by atoms with van der Waals surface area (Å²) < 4.78 is 15.3. The lowest BCUT2D eigenvalue weighted by Gasteiger charge is -2.15. The Hall–Kier alpha value is -3.21. The Kier molecular flexibility index (Phi) is 4.13. The van der Waals surface area contributed by atoms with Gasteiger partial charge in [0.1, 0.15) is 17.3 Å². The first-order valence-electron chi connectivity index (χ1n) is 8.62. The zero-order chi connectivity index (χ0) is 18.1. The first-order chi connectivity index (χ1) is 12.7. The summed E-state index contributed by atoms with van der Waals surface area (Å²) in [6.07, 6.45) is 4.56. The number of nitrogens with one attached hydrogen (secondary N) is 1. The molecule has 2 aromatic carbocycles. The van der Waals surface area contributed by atoms with Crippen molar-refractivity contribution in [2.45, 2.75) is 20.3 Å². The van der Waals surface area contributed by atoms with Crippen LogP contribution >= 0.6 is 0 Å². The summed E-state index contributed by atoms with van der Waals surface area (Å²) in [6.45, 7) is 4.22. The van der Waals surface area contributed by atoms with Crippen LogP contribution in [0.4, 0.5) is 15.9 Å². The van der Waals surface area contributed by atoms with Crippen molar-refractivity contribution in [3.8, 4) is 11.3 Å². The van der Waals surface area contributed by atoms with Gasteiger partial charge < -0.3 is 5.32 Å². The largest absolute Gasteiger partial charge is 0.339 e. The summed E-state index contributed by atoms with van der Waals surface area (Å²) in [5, 5.41) is 3.56. The minimum absolute atomic E-state index is 0.266. The molecule has 2 heterocycles. The van der Waals surface area contributed by atoms with Crippen molar-refractivity contribution < 1.29 is 4.39 Å². The molecule has 1 N–H and O–H groups in total. The lowest BCUT2D eigenvalue weighted by molar-refractivity contribution is 0.628. The molecular weight excluding hydrogens is 327 g/mol. The second-order valence-electron chi connectivity index (χ2n) is 6.19. The van der Waals surface area contributed by atoms with Crippen molar-refractivity contribution in [1.29, 1.82) is 0 Å². The number of fused-ring (bicyclic) bond motifs is 1. The van der Waals surface area contributed by atoms with Gasteiger partial charge in [-0.15, -0.1) is 0 Å². The fourth-order valence-electron chi connectivity index (χ4n) is 3.14. The molecule has 2 aromatic heterocycles. The average molecular weight is 346 g/mol. The van der Waals surface area contributed by atoms with Gasteiger partial charge in [-0.3, -0.25) is 4.40 Å². The molecule has 0 unspecified atom stereocenters. The fourth-order valence-corrected chi connectivity index (χ4v) is 3.14. The number of aryl methyl sites for hydroxylation is 2. The van der Waals surface area contributed by atoms with E-state index in [4.69, 9.17) is 0 Å². The number of rotatable bonds is 4. The van der Waals surface area contributed by atoms with Gasteiger partial charge in [0.25, 0.3) is 0 Å². The van der Waals surface area contributed by atoms with Gasteiger partial charge >= 0.3 is 0 Å². The van der Waals surface area contributed by atoms with Gasteiger partial charge in [-0.05, 0) is 54.8 Å². The lowest BCUT2D eigenvalue weighted by Crippen LogP contribution is -2.02. The van der Waals surface area contributed by atoms with E-state index in [1.807, 2.05) is 16.7 Å². The number of anilines is 2. The minimum atomic E-state index is -0.266. The number of hydrogen-bond acceptors (Lipinski definition) is 3. The van der Waals surface area contributed by atoms with Crippen molar-refractivity contribution in [3.63, 3.8) is 0 Å². The Morgan fingerprint density at radius 3 is 2.65 bits per heavy atom. The van der Waals surface area contributed by atoms with E-state index in [9.17, 15) is 4.39 Å². The van der Waals surface area contributed by atoms with Gasteiger partial charge in [0.15, 0.2) is 0 Å². The van der Waals surface area contributed by atoms with E-state index in [1.165, 1.54) is 17.7 Å². The summed E-state index contributed by atoms with van der Waals surface area (Å²) in [4.78, 5) is 9.01. The smallest absolute Gasteiger partial charge is 0.235 e. The monoisotopic (exact) mass is 346 g/mol. The second-order valence-corrected chi connectivity index (χ2v) is 6.19. The molecule has 0 aliphatic carbocycles. The van der Waals surface area contributed by atoms with Gasteiger partial charge in [-0.2, -0.15) is 0 Å². The summed E-state index contributed by atoms with van der Waals surface area (Å²) in [5.41, 5.74) is 5.05. The normalized spacial score (nSPS) is 11.0. The highest BCUT2D eigenvalue weighted by Gasteiger charge is 2.17. The standard InChI is InChI=1S/C21H19FN4/c1-3-15-7-4-6-14(2)18(15)24-20-19(16-8-10-17(22)11-9-16)25-21-23-12-5-13-26(20)21/h4-13,24H,3H2,1-2H3. The predicted molar refractivity (Wildman–Crippen MR) is 102 cm³/mol. The van der Waals surface area contributed by atoms with E-state index < -0.39 is 0 Å². The highest BCUT2D eigenvalue weighted by molar-refractivity contribution is 5.80. The molecule has 5 heteroatoms. The number of benzene rings is 2. The first kappa shape index (κ1) is 16.3. The highest BCUT2D eigenvalue weighted by atomic mass is 19.1. The Morgan fingerprint density at radius 1 is 1.08 bits per heavy atom. The van der Waals surface area contributed by atoms with E-state index in [2.05, 4.69) is 47.3 Å². The lowest BCUT2D eigenvalue weighted by atomic mass is 10.1. The van der Waals surface area contributed by atoms with Gasteiger partial charge in [0.05, 0.1) is 0 Å². The molecule has 0 atom stereocenters. The molecule has 0 bridgehead atoms. The SMILES string of the molecule is CCc1cccc(C)c1Nc1c(-c2ccc(F)cc2)nc2ncccn12.